The van der Waals surface area contributed by atoms with E-state index in [1.807, 2.05) is 0 Å². The van der Waals surface area contributed by atoms with Crippen molar-refractivity contribution in [3.63, 3.8) is 0 Å². The smallest absolute Gasteiger partial charge is 0.294 e. The molecule has 5 heteroatoms. The summed E-state index contributed by atoms with van der Waals surface area (Å²) in [5, 5.41) is 0. The van der Waals surface area contributed by atoms with Gasteiger partial charge in [0, 0.05) is 0 Å². The highest BCUT2D eigenvalue weighted by Gasteiger charge is 2.25. The Morgan fingerprint density at radius 3 is 0.930 bits per heavy atom. The zero-order chi connectivity index (χ0) is 31.9. The number of rotatable bonds is 29. The molecule has 0 atom stereocenters. The lowest BCUT2D eigenvalue weighted by atomic mass is 10.0. The van der Waals surface area contributed by atoms with E-state index in [9.17, 15) is 8.42 Å². The van der Waals surface area contributed by atoms with Crippen molar-refractivity contribution < 1.29 is 17.5 Å². The maximum absolute atomic E-state index is 10.4. The Bertz CT molecular complexity index is 727. The fourth-order valence-electron chi connectivity index (χ4n) is 6.17. The number of quaternary nitrogens is 1. The first kappa shape index (κ1) is 42.1. The van der Waals surface area contributed by atoms with Gasteiger partial charge in [-0.1, -0.05) is 149 Å². The highest BCUT2D eigenvalue weighted by atomic mass is 32.2. The van der Waals surface area contributed by atoms with E-state index in [-0.39, 0.29) is 4.90 Å². The molecule has 0 fully saturated rings. The SMILES string of the molecule is CCCCCCCC[N+](CCCCCCCC)(CCCCCCCC)CCCCCCCC.O=S(=O)(O)c1ccccc1. The average Bonchev–Trinajstić information content (AvgIpc) is 3.00. The molecule has 4 nitrogen and oxygen atoms in total. The van der Waals surface area contributed by atoms with E-state index in [1.165, 1.54) is 197 Å². The van der Waals surface area contributed by atoms with Gasteiger partial charge in [-0.3, -0.25) is 4.55 Å². The Morgan fingerprint density at radius 1 is 0.442 bits per heavy atom. The van der Waals surface area contributed by atoms with Crippen LogP contribution in [0.15, 0.2) is 35.2 Å². The fraction of sp³-hybridized carbons (Fsp3) is 0.842. The number of hydrogen-bond acceptors (Lipinski definition) is 2. The highest BCUT2D eigenvalue weighted by Crippen LogP contribution is 2.21. The van der Waals surface area contributed by atoms with Gasteiger partial charge in [-0.15, -0.1) is 0 Å². The minimum absolute atomic E-state index is 0.0741. The molecule has 1 N–H and O–H groups in total. The summed E-state index contributed by atoms with van der Waals surface area (Å²) in [4.78, 5) is -0.0741. The predicted octanol–water partition coefficient (Wildman–Crippen LogP) is 12.2. The molecule has 0 aliphatic carbocycles. The van der Waals surface area contributed by atoms with Crippen LogP contribution in [0.3, 0.4) is 0 Å². The fourth-order valence-corrected chi connectivity index (χ4v) is 6.67. The Labute approximate surface area is 270 Å². The molecule has 0 radical (unpaired) electrons. The molecule has 0 heterocycles. The minimum atomic E-state index is -4.00. The zero-order valence-corrected chi connectivity index (χ0v) is 30.1. The van der Waals surface area contributed by atoms with Crippen LogP contribution in [0.4, 0.5) is 0 Å². The lowest BCUT2D eigenvalue weighted by Crippen LogP contribution is -2.50. The van der Waals surface area contributed by atoms with Crippen LogP contribution in [0, 0.1) is 0 Å². The third-order valence-electron chi connectivity index (χ3n) is 8.99. The summed E-state index contributed by atoms with van der Waals surface area (Å²) < 4.78 is 30.7. The van der Waals surface area contributed by atoms with Crippen molar-refractivity contribution in [3.8, 4) is 0 Å². The number of benzene rings is 1. The third-order valence-corrected chi connectivity index (χ3v) is 9.85. The van der Waals surface area contributed by atoms with E-state index in [1.54, 1.807) is 18.2 Å². The van der Waals surface area contributed by atoms with Crippen LogP contribution >= 0.6 is 0 Å². The summed E-state index contributed by atoms with van der Waals surface area (Å²) in [6.07, 6.45) is 34.8. The molecule has 0 saturated heterocycles. The first-order valence-electron chi connectivity index (χ1n) is 18.7. The Kier molecular flexibility index (Phi) is 29.2. The van der Waals surface area contributed by atoms with Crippen LogP contribution in [0.2, 0.25) is 0 Å². The van der Waals surface area contributed by atoms with E-state index in [0.29, 0.717) is 0 Å². The molecular formula is C38H74NO3S+. The second-order valence-corrected chi connectivity index (χ2v) is 14.5. The van der Waals surface area contributed by atoms with Crippen molar-refractivity contribution >= 4 is 10.1 Å². The Hall–Kier alpha value is -0.910. The molecule has 0 bridgehead atoms. The second-order valence-electron chi connectivity index (χ2n) is 13.1. The number of unbranched alkanes of at least 4 members (excludes halogenated alkanes) is 20. The van der Waals surface area contributed by atoms with E-state index in [4.69, 9.17) is 4.55 Å². The third kappa shape index (κ3) is 26.1. The highest BCUT2D eigenvalue weighted by molar-refractivity contribution is 7.85. The first-order chi connectivity index (χ1) is 20.8. The summed E-state index contributed by atoms with van der Waals surface area (Å²) in [6.45, 7) is 15.3. The number of nitrogens with zero attached hydrogens (tertiary/aromatic N) is 1. The molecule has 0 aliphatic heterocycles. The molecule has 1 rings (SSSR count). The van der Waals surface area contributed by atoms with Gasteiger partial charge in [-0.25, -0.2) is 0 Å². The summed E-state index contributed by atoms with van der Waals surface area (Å²) in [5.41, 5.74) is 0. The van der Waals surface area contributed by atoms with Gasteiger partial charge in [0.05, 0.1) is 31.1 Å². The van der Waals surface area contributed by atoms with Crippen molar-refractivity contribution in [1.29, 1.82) is 0 Å². The standard InChI is InChI=1S/C32H68N.C6H6O3S/c1-5-9-13-17-21-25-29-33(30-26-22-18-14-10-6-2,31-27-23-19-15-11-7-3)32-28-24-20-16-12-8-4;7-10(8,9)6-4-2-1-3-5-6/h5-32H2,1-4H3;1-5H,(H,7,8,9)/q+1;. The predicted molar refractivity (Wildman–Crippen MR) is 189 cm³/mol. The van der Waals surface area contributed by atoms with E-state index < -0.39 is 10.1 Å². The van der Waals surface area contributed by atoms with Crippen molar-refractivity contribution in [2.45, 2.75) is 187 Å². The molecule has 43 heavy (non-hydrogen) atoms. The van der Waals surface area contributed by atoms with Crippen molar-refractivity contribution in [1.82, 2.24) is 0 Å². The monoisotopic (exact) mass is 625 g/mol. The maximum atomic E-state index is 10.4. The van der Waals surface area contributed by atoms with Gasteiger partial charge >= 0.3 is 0 Å². The molecule has 0 saturated carbocycles. The van der Waals surface area contributed by atoms with Crippen LogP contribution in [-0.4, -0.2) is 43.6 Å². The van der Waals surface area contributed by atoms with Crippen molar-refractivity contribution in [3.05, 3.63) is 30.3 Å². The van der Waals surface area contributed by atoms with Gasteiger partial charge in [0.15, 0.2) is 0 Å². The van der Waals surface area contributed by atoms with E-state index in [0.717, 1.165) is 0 Å². The lowest BCUT2D eigenvalue weighted by Gasteiger charge is -2.40. The average molecular weight is 625 g/mol. The van der Waals surface area contributed by atoms with E-state index >= 15 is 0 Å². The topological polar surface area (TPSA) is 54.4 Å². The Morgan fingerprint density at radius 2 is 0.698 bits per heavy atom. The quantitative estimate of drug-likeness (QED) is 0.0548. The largest absolute Gasteiger partial charge is 0.324 e. The van der Waals surface area contributed by atoms with Crippen molar-refractivity contribution in [2.24, 2.45) is 0 Å². The zero-order valence-electron chi connectivity index (χ0n) is 29.3. The van der Waals surface area contributed by atoms with Gasteiger partial charge in [0.2, 0.25) is 0 Å². The summed E-state index contributed by atoms with van der Waals surface area (Å²) in [6, 6.07) is 7.42. The molecule has 0 spiro atoms. The maximum Gasteiger partial charge on any atom is 0.294 e. The van der Waals surface area contributed by atoms with Gasteiger partial charge in [-0.05, 0) is 63.5 Å². The van der Waals surface area contributed by atoms with Crippen LogP contribution in [0.1, 0.15) is 182 Å². The van der Waals surface area contributed by atoms with Crippen molar-refractivity contribution in [2.75, 3.05) is 26.2 Å². The van der Waals surface area contributed by atoms with Gasteiger partial charge in [0.25, 0.3) is 10.1 Å². The molecule has 0 aliphatic rings. The first-order valence-corrected chi connectivity index (χ1v) is 20.2. The number of hydrogen-bond donors (Lipinski definition) is 1. The molecule has 0 unspecified atom stereocenters. The summed E-state index contributed by atoms with van der Waals surface area (Å²) in [5.74, 6) is 0. The molecule has 1 aromatic rings. The second kappa shape index (κ2) is 29.8. The van der Waals surface area contributed by atoms with Crippen LogP contribution in [0.25, 0.3) is 0 Å². The van der Waals surface area contributed by atoms with Crippen LogP contribution in [-0.2, 0) is 10.1 Å². The molecule has 0 aromatic heterocycles. The summed E-state index contributed by atoms with van der Waals surface area (Å²) in [7, 11) is -4.00. The van der Waals surface area contributed by atoms with Gasteiger partial charge in [0.1, 0.15) is 0 Å². The normalized spacial score (nSPS) is 11.8. The van der Waals surface area contributed by atoms with Gasteiger partial charge in [-0.2, -0.15) is 8.42 Å². The Balaban J connectivity index is 0.00000147. The van der Waals surface area contributed by atoms with Gasteiger partial charge < -0.3 is 4.48 Å². The summed E-state index contributed by atoms with van der Waals surface area (Å²) >= 11 is 0. The molecule has 254 valence electrons. The molecule has 1 aromatic carbocycles. The van der Waals surface area contributed by atoms with Crippen LogP contribution in [0.5, 0.6) is 0 Å². The van der Waals surface area contributed by atoms with E-state index in [2.05, 4.69) is 27.7 Å². The molecular weight excluding hydrogens is 550 g/mol. The van der Waals surface area contributed by atoms with Crippen LogP contribution < -0.4 is 0 Å². The molecule has 0 amide bonds. The minimum Gasteiger partial charge on any atom is -0.324 e. The lowest BCUT2D eigenvalue weighted by molar-refractivity contribution is -0.929.